The molecule has 0 saturated heterocycles. The van der Waals surface area contributed by atoms with Crippen molar-refractivity contribution in [1.82, 2.24) is 0 Å². The Balaban J connectivity index is 5.24. The highest BCUT2D eigenvalue weighted by Gasteiger charge is 2.31. The first-order valence-corrected chi connectivity index (χ1v) is 52.4. The third kappa shape index (κ3) is 88.2. The molecule has 0 saturated carbocycles. The lowest BCUT2D eigenvalue weighted by Gasteiger charge is -2.21. The van der Waals surface area contributed by atoms with Gasteiger partial charge < -0.3 is 33.8 Å². The summed E-state index contributed by atoms with van der Waals surface area (Å²) >= 11 is 0. The molecule has 0 aliphatic rings. The Bertz CT molecular complexity index is 2200. The fourth-order valence-corrected chi connectivity index (χ4v) is 16.7. The molecule has 0 fully saturated rings. The number of hydrogen-bond donors (Lipinski definition) is 3. The molecule has 6 atom stereocenters. The van der Waals surface area contributed by atoms with Gasteiger partial charge in [0.2, 0.25) is 0 Å². The SMILES string of the molecule is CCCCCCCCCCCCCCCCCCCCCCC(=O)O[C@H](COC(=O)CCCCCCCCCCCC(C)C)COP(=O)(O)OC[C@H](O)COP(=O)(O)OC[C@@H](COC(=O)CCCCCCCCCCCCCCCCCCCCC(C)C)OC(=O)CCCCCCCCCCCCCCCCCCCCC(C)CC. The maximum atomic E-state index is 13.2. The van der Waals surface area contributed by atoms with Gasteiger partial charge in [-0.3, -0.25) is 37.3 Å². The zero-order chi connectivity index (χ0) is 84.3. The molecule has 0 spiro atoms. The van der Waals surface area contributed by atoms with Crippen LogP contribution in [-0.4, -0.2) is 96.7 Å². The van der Waals surface area contributed by atoms with Gasteiger partial charge in [0, 0.05) is 25.7 Å². The second-order valence-electron chi connectivity index (χ2n) is 35.7. The molecule has 0 heterocycles. The van der Waals surface area contributed by atoms with Crippen molar-refractivity contribution in [3.8, 4) is 0 Å². The summed E-state index contributed by atoms with van der Waals surface area (Å²) in [6.45, 7) is 12.1. The molecule has 0 aliphatic carbocycles. The number of esters is 4. The molecule has 3 N–H and O–H groups in total. The Morgan fingerprint density at radius 2 is 0.443 bits per heavy atom. The molecule has 0 aromatic heterocycles. The molecular formula is C96H188O17P2. The van der Waals surface area contributed by atoms with Gasteiger partial charge in [-0.15, -0.1) is 0 Å². The van der Waals surface area contributed by atoms with Crippen LogP contribution in [0.15, 0.2) is 0 Å². The van der Waals surface area contributed by atoms with Gasteiger partial charge >= 0.3 is 39.5 Å². The second kappa shape index (κ2) is 85.6. The van der Waals surface area contributed by atoms with Crippen molar-refractivity contribution < 1.29 is 80.2 Å². The third-order valence-electron chi connectivity index (χ3n) is 23.0. The van der Waals surface area contributed by atoms with Gasteiger partial charge in [0.1, 0.15) is 19.3 Å². The van der Waals surface area contributed by atoms with Crippen LogP contribution in [0.2, 0.25) is 0 Å². The van der Waals surface area contributed by atoms with E-state index in [1.54, 1.807) is 0 Å². The molecule has 115 heavy (non-hydrogen) atoms. The number of unbranched alkanes of at least 4 members (excludes halogenated alkanes) is 61. The second-order valence-corrected chi connectivity index (χ2v) is 38.6. The van der Waals surface area contributed by atoms with Crippen LogP contribution in [0.25, 0.3) is 0 Å². The van der Waals surface area contributed by atoms with Crippen molar-refractivity contribution in [3.05, 3.63) is 0 Å². The first-order chi connectivity index (χ1) is 55.8. The van der Waals surface area contributed by atoms with E-state index in [9.17, 15) is 43.2 Å². The molecule has 0 amide bonds. The van der Waals surface area contributed by atoms with E-state index >= 15 is 0 Å². The maximum absolute atomic E-state index is 13.2. The van der Waals surface area contributed by atoms with Gasteiger partial charge in [-0.2, -0.15) is 0 Å². The Hall–Kier alpha value is -1.94. The van der Waals surface area contributed by atoms with Crippen molar-refractivity contribution in [3.63, 3.8) is 0 Å². The molecule has 0 radical (unpaired) electrons. The average molecular weight is 1680 g/mol. The topological polar surface area (TPSA) is 237 Å². The number of aliphatic hydroxyl groups excluding tert-OH is 1. The summed E-state index contributed by atoms with van der Waals surface area (Å²) in [4.78, 5) is 73.6. The van der Waals surface area contributed by atoms with E-state index < -0.39 is 97.5 Å². The van der Waals surface area contributed by atoms with E-state index in [2.05, 4.69) is 48.5 Å². The molecule has 3 unspecified atom stereocenters. The quantitative estimate of drug-likeness (QED) is 0.0222. The van der Waals surface area contributed by atoms with E-state index in [0.29, 0.717) is 25.7 Å². The molecule has 0 aromatic rings. The smallest absolute Gasteiger partial charge is 0.462 e. The van der Waals surface area contributed by atoms with Crippen molar-refractivity contribution in [2.75, 3.05) is 39.6 Å². The Kier molecular flexibility index (Phi) is 84.2. The molecule has 0 bridgehead atoms. The predicted octanol–water partition coefficient (Wildman–Crippen LogP) is 30.0. The summed E-state index contributed by atoms with van der Waals surface area (Å²) in [6, 6.07) is 0. The van der Waals surface area contributed by atoms with Crippen molar-refractivity contribution in [2.45, 2.75) is 535 Å². The number of carbonyl (C=O) groups is 4. The molecule has 684 valence electrons. The van der Waals surface area contributed by atoms with Crippen molar-refractivity contribution in [2.24, 2.45) is 17.8 Å². The van der Waals surface area contributed by atoms with Gasteiger partial charge in [0.05, 0.1) is 26.4 Å². The zero-order valence-electron chi connectivity index (χ0n) is 76.3. The standard InChI is InChI=1S/C96H188O17P2/c1-8-10-11-12-13-14-15-16-17-18-19-20-28-33-38-43-50-58-65-72-80-96(101)113-92(84-107-94(99)78-71-64-57-52-45-47-54-61-68-75-88(5)6)86-111-115(104,105)109-82-90(97)81-108-114(102,103)110-85-91(83-106-93(98)77-70-63-56-49-42-37-32-27-23-21-25-30-35-40-46-53-60-67-74-87(3)4)112-95(100)79-73-66-59-51-44-39-34-29-24-22-26-31-36-41-48-55-62-69-76-89(7)9-2/h87-92,97H,8-86H2,1-7H3,(H,102,103)(H,104,105)/t89?,90-,91-,92-/m1/s1. The molecule has 17 nitrogen and oxygen atoms in total. The highest BCUT2D eigenvalue weighted by Crippen LogP contribution is 2.45. The minimum absolute atomic E-state index is 0.109. The van der Waals surface area contributed by atoms with Crippen LogP contribution in [0.3, 0.4) is 0 Å². The normalized spacial score (nSPS) is 13.9. The van der Waals surface area contributed by atoms with E-state index in [0.717, 1.165) is 108 Å². The lowest BCUT2D eigenvalue weighted by molar-refractivity contribution is -0.161. The summed E-state index contributed by atoms with van der Waals surface area (Å²) in [5.74, 6) is 0.345. The Morgan fingerprint density at radius 1 is 0.252 bits per heavy atom. The lowest BCUT2D eigenvalue weighted by Crippen LogP contribution is -2.30. The van der Waals surface area contributed by atoms with Crippen LogP contribution in [0.5, 0.6) is 0 Å². The van der Waals surface area contributed by atoms with Crippen LogP contribution in [0.4, 0.5) is 0 Å². The average Bonchev–Trinajstić information content (AvgIpc) is 0.901. The molecule has 19 heteroatoms. The first kappa shape index (κ1) is 113. The van der Waals surface area contributed by atoms with Gasteiger partial charge in [-0.25, -0.2) is 9.13 Å². The monoisotopic (exact) mass is 1680 g/mol. The molecule has 0 aliphatic heterocycles. The summed E-state index contributed by atoms with van der Waals surface area (Å²) in [5.41, 5.74) is 0. The van der Waals surface area contributed by atoms with Crippen LogP contribution in [0.1, 0.15) is 517 Å². The summed E-state index contributed by atoms with van der Waals surface area (Å²) in [5, 5.41) is 10.7. The zero-order valence-corrected chi connectivity index (χ0v) is 78.1. The molecule has 0 aromatic carbocycles. The number of carbonyl (C=O) groups excluding carboxylic acids is 4. The van der Waals surface area contributed by atoms with E-state index in [1.165, 1.54) is 327 Å². The van der Waals surface area contributed by atoms with Crippen molar-refractivity contribution in [1.29, 1.82) is 0 Å². The number of phosphoric ester groups is 2. The molecular weight excluding hydrogens is 1490 g/mol. The fraction of sp³-hybridized carbons (Fsp3) is 0.958. The first-order valence-electron chi connectivity index (χ1n) is 49.4. The Labute approximate surface area is 708 Å². The van der Waals surface area contributed by atoms with Gasteiger partial charge in [-0.1, -0.05) is 466 Å². The van der Waals surface area contributed by atoms with E-state index in [-0.39, 0.29) is 25.7 Å². The third-order valence-corrected chi connectivity index (χ3v) is 24.9. The minimum atomic E-state index is -4.97. The summed E-state index contributed by atoms with van der Waals surface area (Å²) in [7, 11) is -9.94. The van der Waals surface area contributed by atoms with Gasteiger partial charge in [0.25, 0.3) is 0 Å². The number of aliphatic hydroxyl groups is 1. The highest BCUT2D eigenvalue weighted by atomic mass is 31.2. The van der Waals surface area contributed by atoms with E-state index in [1.807, 2.05) is 0 Å². The maximum Gasteiger partial charge on any atom is 0.472 e. The summed E-state index contributed by atoms with van der Waals surface area (Å²) < 4.78 is 69.2. The number of rotatable bonds is 94. The summed E-state index contributed by atoms with van der Waals surface area (Å²) in [6.07, 6.45) is 80.7. The fourth-order valence-electron chi connectivity index (χ4n) is 15.1. The predicted molar refractivity (Wildman–Crippen MR) is 478 cm³/mol. The number of ether oxygens (including phenoxy) is 4. The van der Waals surface area contributed by atoms with Gasteiger partial charge in [-0.05, 0) is 43.4 Å². The van der Waals surface area contributed by atoms with Crippen molar-refractivity contribution >= 4 is 39.5 Å². The highest BCUT2D eigenvalue weighted by molar-refractivity contribution is 7.47. The van der Waals surface area contributed by atoms with Crippen LogP contribution in [-0.2, 0) is 65.4 Å². The minimum Gasteiger partial charge on any atom is -0.462 e. The van der Waals surface area contributed by atoms with Crippen LogP contribution >= 0.6 is 15.6 Å². The largest absolute Gasteiger partial charge is 0.472 e. The van der Waals surface area contributed by atoms with Crippen LogP contribution in [0, 0.1) is 17.8 Å². The van der Waals surface area contributed by atoms with E-state index in [4.69, 9.17) is 37.0 Å². The Morgan fingerprint density at radius 3 is 0.661 bits per heavy atom. The lowest BCUT2D eigenvalue weighted by atomic mass is 9.99. The number of hydrogen-bond acceptors (Lipinski definition) is 15. The van der Waals surface area contributed by atoms with Gasteiger partial charge in [0.15, 0.2) is 12.2 Å². The van der Waals surface area contributed by atoms with Crippen LogP contribution < -0.4 is 0 Å². The molecule has 0 rings (SSSR count). The number of phosphoric acid groups is 2.